The number of nitro benzene ring substituents is 1. The van der Waals surface area contributed by atoms with Gasteiger partial charge in [0, 0.05) is 23.4 Å². The van der Waals surface area contributed by atoms with Gasteiger partial charge in [-0.25, -0.2) is 0 Å². The first-order chi connectivity index (χ1) is 7.60. The van der Waals surface area contributed by atoms with Crippen molar-refractivity contribution < 1.29 is 9.66 Å². The number of nitrogen functional groups attached to an aromatic ring is 1. The molecule has 0 spiro atoms. The van der Waals surface area contributed by atoms with Crippen LogP contribution in [0.2, 0.25) is 0 Å². The molecule has 0 heterocycles. The van der Waals surface area contributed by atoms with Crippen molar-refractivity contribution >= 4 is 29.0 Å². The van der Waals surface area contributed by atoms with Gasteiger partial charge in [-0.2, -0.15) is 0 Å². The third-order valence-corrected chi connectivity index (χ3v) is 1.99. The Bertz CT molecular complexity index is 434. The van der Waals surface area contributed by atoms with Gasteiger partial charge in [-0.1, -0.05) is 0 Å². The minimum atomic E-state index is -0.573. The van der Waals surface area contributed by atoms with E-state index >= 15 is 0 Å². The van der Waals surface area contributed by atoms with Gasteiger partial charge >= 0.3 is 0 Å². The van der Waals surface area contributed by atoms with E-state index in [9.17, 15) is 10.1 Å². The van der Waals surface area contributed by atoms with Gasteiger partial charge in [0.15, 0.2) is 0 Å². The molecular formula is C9H10ClN3O3. The van der Waals surface area contributed by atoms with Crippen LogP contribution in [0.4, 0.5) is 11.4 Å². The predicted molar refractivity (Wildman–Crippen MR) is 61.5 cm³/mol. The maximum atomic E-state index is 10.7. The molecule has 0 atom stereocenters. The Balaban J connectivity index is 3.16. The summed E-state index contributed by atoms with van der Waals surface area (Å²) >= 11 is 5.31. The number of hydrogen-bond acceptors (Lipinski definition) is 5. The predicted octanol–water partition coefficient (Wildman–Crippen LogP) is 2.11. The van der Waals surface area contributed by atoms with Gasteiger partial charge in [-0.3, -0.25) is 10.1 Å². The van der Waals surface area contributed by atoms with E-state index in [1.165, 1.54) is 12.1 Å². The van der Waals surface area contributed by atoms with E-state index in [1.54, 1.807) is 13.0 Å². The normalized spacial score (nSPS) is 11.2. The number of nitro groups is 1. The fourth-order valence-corrected chi connectivity index (χ4v) is 1.27. The summed E-state index contributed by atoms with van der Waals surface area (Å²) in [6, 6.07) is 4.24. The summed E-state index contributed by atoms with van der Waals surface area (Å²) in [6.07, 6.45) is 0. The lowest BCUT2D eigenvalue weighted by Crippen LogP contribution is -2.07. The van der Waals surface area contributed by atoms with Crippen LogP contribution in [0.1, 0.15) is 12.5 Å². The summed E-state index contributed by atoms with van der Waals surface area (Å²) in [7, 11) is 0. The summed E-state index contributed by atoms with van der Waals surface area (Å²) in [5.74, 6) is 0.132. The van der Waals surface area contributed by atoms with Crippen molar-refractivity contribution in [3.63, 3.8) is 0 Å². The molecule has 0 aliphatic rings. The quantitative estimate of drug-likeness (QED) is 0.289. The van der Waals surface area contributed by atoms with Crippen LogP contribution in [0, 0.1) is 10.1 Å². The minimum absolute atomic E-state index is 0.0826. The number of halogens is 1. The fraction of sp³-hybridized carbons (Fsp3) is 0.222. The molecular weight excluding hydrogens is 234 g/mol. The van der Waals surface area contributed by atoms with E-state index in [0.29, 0.717) is 12.2 Å². The Labute approximate surface area is 96.9 Å². The van der Waals surface area contributed by atoms with Crippen molar-refractivity contribution in [1.29, 1.82) is 0 Å². The zero-order valence-electron chi connectivity index (χ0n) is 8.51. The smallest absolute Gasteiger partial charge is 0.292 e. The maximum Gasteiger partial charge on any atom is 0.292 e. The van der Waals surface area contributed by atoms with Gasteiger partial charge < -0.3 is 10.5 Å². The molecule has 2 N–H and O–H groups in total. The topological polar surface area (TPSA) is 90.8 Å². The van der Waals surface area contributed by atoms with Gasteiger partial charge in [-0.05, 0) is 19.1 Å². The summed E-state index contributed by atoms with van der Waals surface area (Å²) in [6.45, 7) is 2.12. The molecule has 0 fully saturated rings. The Kier molecular flexibility index (Phi) is 4.07. The van der Waals surface area contributed by atoms with Crippen molar-refractivity contribution in [2.24, 2.45) is 4.51 Å². The molecule has 0 aliphatic carbocycles. The Hall–Kier alpha value is -1.82. The molecule has 0 aromatic heterocycles. The van der Waals surface area contributed by atoms with Crippen LogP contribution in [0.15, 0.2) is 22.7 Å². The molecule has 1 rings (SSSR count). The number of anilines is 1. The molecule has 0 unspecified atom stereocenters. The Morgan fingerprint density at radius 1 is 1.69 bits per heavy atom. The van der Waals surface area contributed by atoms with Gasteiger partial charge in [0.05, 0.1) is 11.5 Å². The van der Waals surface area contributed by atoms with Gasteiger partial charge in [0.25, 0.3) is 5.69 Å². The zero-order chi connectivity index (χ0) is 12.1. The standard InChI is InChI=1S/C9H10ClN3O3/c1-2-16-9(12-10)6-3-4-7(11)8(5-6)13(14)15/h3-5H,2,11H2,1H3. The van der Waals surface area contributed by atoms with Gasteiger partial charge in [0.2, 0.25) is 5.90 Å². The highest BCUT2D eigenvalue weighted by Crippen LogP contribution is 2.23. The van der Waals surface area contributed by atoms with Crippen LogP contribution < -0.4 is 5.73 Å². The number of nitrogens with zero attached hydrogens (tertiary/aromatic N) is 2. The van der Waals surface area contributed by atoms with Crippen molar-refractivity contribution in [2.45, 2.75) is 6.92 Å². The zero-order valence-corrected chi connectivity index (χ0v) is 9.27. The second kappa shape index (κ2) is 5.32. The van der Waals surface area contributed by atoms with E-state index < -0.39 is 4.92 Å². The third kappa shape index (κ3) is 2.60. The first-order valence-corrected chi connectivity index (χ1v) is 4.80. The molecule has 1 aromatic rings. The monoisotopic (exact) mass is 243 g/mol. The lowest BCUT2D eigenvalue weighted by molar-refractivity contribution is -0.383. The lowest BCUT2D eigenvalue weighted by Gasteiger charge is -2.06. The average Bonchev–Trinajstić information content (AvgIpc) is 2.26. The van der Waals surface area contributed by atoms with Crippen LogP contribution in [0.25, 0.3) is 0 Å². The molecule has 0 saturated carbocycles. The van der Waals surface area contributed by atoms with Crippen molar-refractivity contribution in [1.82, 2.24) is 0 Å². The lowest BCUT2D eigenvalue weighted by atomic mass is 10.2. The van der Waals surface area contributed by atoms with E-state index in [2.05, 4.69) is 4.51 Å². The number of ether oxygens (including phenoxy) is 1. The van der Waals surface area contributed by atoms with Crippen molar-refractivity contribution in [3.05, 3.63) is 33.9 Å². The first kappa shape index (κ1) is 12.3. The van der Waals surface area contributed by atoms with Crippen LogP contribution in [-0.4, -0.2) is 17.4 Å². The van der Waals surface area contributed by atoms with Crippen LogP contribution >= 0.6 is 11.8 Å². The molecule has 1 aromatic carbocycles. The van der Waals surface area contributed by atoms with E-state index in [0.717, 1.165) is 0 Å². The highest BCUT2D eigenvalue weighted by atomic mass is 35.5. The first-order valence-electron chi connectivity index (χ1n) is 4.46. The maximum absolute atomic E-state index is 10.7. The molecule has 16 heavy (non-hydrogen) atoms. The van der Waals surface area contributed by atoms with E-state index in [-0.39, 0.29) is 17.3 Å². The van der Waals surface area contributed by atoms with E-state index in [4.69, 9.17) is 22.2 Å². The Morgan fingerprint density at radius 2 is 2.38 bits per heavy atom. The molecule has 0 radical (unpaired) electrons. The minimum Gasteiger partial charge on any atom is -0.477 e. The van der Waals surface area contributed by atoms with Crippen LogP contribution in [-0.2, 0) is 4.74 Å². The summed E-state index contributed by atoms with van der Waals surface area (Å²) in [5, 5.41) is 10.7. The third-order valence-electron chi connectivity index (χ3n) is 1.83. The SMILES string of the molecule is CCOC(=NCl)c1ccc(N)c([N+](=O)[O-])c1. The fourth-order valence-electron chi connectivity index (χ4n) is 1.13. The van der Waals surface area contributed by atoms with Crippen LogP contribution in [0.5, 0.6) is 0 Å². The van der Waals surface area contributed by atoms with E-state index in [1.807, 2.05) is 0 Å². The van der Waals surface area contributed by atoms with Crippen LogP contribution in [0.3, 0.4) is 0 Å². The van der Waals surface area contributed by atoms with Crippen molar-refractivity contribution in [2.75, 3.05) is 12.3 Å². The number of hydrogen-bond donors (Lipinski definition) is 1. The molecule has 86 valence electrons. The largest absolute Gasteiger partial charge is 0.477 e. The Morgan fingerprint density at radius 3 is 2.88 bits per heavy atom. The summed E-state index contributed by atoms with van der Waals surface area (Å²) in [5.41, 5.74) is 5.75. The molecule has 0 aliphatic heterocycles. The highest BCUT2D eigenvalue weighted by Gasteiger charge is 2.15. The second-order valence-corrected chi connectivity index (χ2v) is 3.02. The molecule has 0 bridgehead atoms. The molecule has 6 nitrogen and oxygen atoms in total. The molecule has 0 amide bonds. The van der Waals surface area contributed by atoms with Gasteiger partial charge in [0.1, 0.15) is 5.69 Å². The second-order valence-electron chi connectivity index (χ2n) is 2.85. The molecule has 7 heteroatoms. The average molecular weight is 244 g/mol. The van der Waals surface area contributed by atoms with Crippen molar-refractivity contribution in [3.8, 4) is 0 Å². The number of rotatable bonds is 3. The molecule has 0 saturated heterocycles. The highest BCUT2D eigenvalue weighted by molar-refractivity contribution is 6.21. The number of benzene rings is 1. The summed E-state index contributed by atoms with van der Waals surface area (Å²) < 4.78 is 8.49. The van der Waals surface area contributed by atoms with Gasteiger partial charge in [-0.15, -0.1) is 4.51 Å². The number of nitrogens with two attached hydrogens (primary N) is 1. The summed E-state index contributed by atoms with van der Waals surface area (Å²) in [4.78, 5) is 10.1.